The molecule has 0 aliphatic carbocycles. The Morgan fingerprint density at radius 3 is 2.30 bits per heavy atom. The van der Waals surface area contributed by atoms with Crippen LogP contribution in [0.2, 0.25) is 0 Å². The Morgan fingerprint density at radius 2 is 1.65 bits per heavy atom. The molecule has 0 unspecified atom stereocenters. The van der Waals surface area contributed by atoms with E-state index in [1.807, 2.05) is 0 Å². The third kappa shape index (κ3) is 2.77. The van der Waals surface area contributed by atoms with Gasteiger partial charge in [-0.25, -0.2) is 4.63 Å². The van der Waals surface area contributed by atoms with E-state index in [0.717, 1.165) is 5.56 Å². The molecule has 1 N–H and O–H groups in total. The lowest BCUT2D eigenvalue weighted by atomic mass is 10.2. The van der Waals surface area contributed by atoms with Gasteiger partial charge < -0.3 is 5.32 Å². The van der Waals surface area contributed by atoms with Gasteiger partial charge in [-0.3, -0.25) is 20.2 Å². The number of anilines is 1. The number of nitrogens with zero attached hydrogens (tertiary/aromatic N) is 4. The molecule has 3 rings (SSSR count). The van der Waals surface area contributed by atoms with Gasteiger partial charge in [0.05, 0.1) is 15.5 Å². The van der Waals surface area contributed by atoms with Crippen LogP contribution in [0.5, 0.6) is 0 Å². The summed E-state index contributed by atoms with van der Waals surface area (Å²) >= 11 is 0. The molecule has 0 saturated heterocycles. The van der Waals surface area contributed by atoms with Crippen molar-refractivity contribution in [1.29, 1.82) is 0 Å². The van der Waals surface area contributed by atoms with E-state index in [1.165, 1.54) is 24.3 Å². The highest BCUT2D eigenvalue weighted by molar-refractivity contribution is 5.93. The summed E-state index contributed by atoms with van der Waals surface area (Å²) < 4.78 is 4.57. The van der Waals surface area contributed by atoms with Crippen molar-refractivity contribution in [2.24, 2.45) is 0 Å². The number of nitro benzene ring substituents is 2. The first-order valence-electron chi connectivity index (χ1n) is 6.43. The van der Waals surface area contributed by atoms with E-state index in [0.29, 0.717) is 12.2 Å². The topological polar surface area (TPSA) is 137 Å². The Kier molecular flexibility index (Phi) is 3.55. The van der Waals surface area contributed by atoms with Crippen molar-refractivity contribution in [3.63, 3.8) is 0 Å². The average molecular weight is 315 g/mol. The first-order valence-corrected chi connectivity index (χ1v) is 6.43. The summed E-state index contributed by atoms with van der Waals surface area (Å²) in [5.41, 5.74) is 1.45. The fourth-order valence-corrected chi connectivity index (χ4v) is 2.08. The van der Waals surface area contributed by atoms with E-state index < -0.39 is 9.85 Å². The molecule has 0 amide bonds. The molecule has 3 aromatic rings. The van der Waals surface area contributed by atoms with Crippen LogP contribution in [0.3, 0.4) is 0 Å². The lowest BCUT2D eigenvalue weighted by Gasteiger charge is -2.06. The molecular formula is C13H9N5O5. The zero-order chi connectivity index (χ0) is 16.4. The zero-order valence-corrected chi connectivity index (χ0v) is 11.5. The minimum Gasteiger partial charge on any atom is -0.379 e. The van der Waals surface area contributed by atoms with Gasteiger partial charge in [0.25, 0.3) is 5.69 Å². The molecular weight excluding hydrogens is 306 g/mol. The first kappa shape index (κ1) is 14.4. The monoisotopic (exact) mass is 315 g/mol. The van der Waals surface area contributed by atoms with Crippen LogP contribution in [0, 0.1) is 20.2 Å². The van der Waals surface area contributed by atoms with Crippen molar-refractivity contribution in [3.05, 3.63) is 62.2 Å². The molecule has 1 heterocycles. The minimum absolute atomic E-state index is 0.00665. The molecule has 10 nitrogen and oxygen atoms in total. The molecule has 2 aromatic carbocycles. The van der Waals surface area contributed by atoms with Gasteiger partial charge in [0.15, 0.2) is 5.52 Å². The Hall–Kier alpha value is -3.56. The number of hydrogen-bond donors (Lipinski definition) is 1. The van der Waals surface area contributed by atoms with Gasteiger partial charge in [0.1, 0.15) is 0 Å². The molecule has 0 aliphatic rings. The Morgan fingerprint density at radius 1 is 0.957 bits per heavy atom. The van der Waals surface area contributed by atoms with Crippen LogP contribution < -0.4 is 5.32 Å². The van der Waals surface area contributed by atoms with E-state index in [1.54, 1.807) is 12.1 Å². The number of benzene rings is 2. The van der Waals surface area contributed by atoms with Gasteiger partial charge in [-0.2, -0.15) is 0 Å². The highest BCUT2D eigenvalue weighted by atomic mass is 16.6. The van der Waals surface area contributed by atoms with Gasteiger partial charge in [0.2, 0.25) is 5.52 Å². The van der Waals surface area contributed by atoms with E-state index >= 15 is 0 Å². The predicted octanol–water partition coefficient (Wildman–Crippen LogP) is 2.65. The second-order valence-corrected chi connectivity index (χ2v) is 4.63. The smallest absolute Gasteiger partial charge is 0.300 e. The van der Waals surface area contributed by atoms with Crippen LogP contribution in [-0.4, -0.2) is 20.2 Å². The van der Waals surface area contributed by atoms with Crippen LogP contribution in [0.4, 0.5) is 17.1 Å². The molecule has 10 heteroatoms. The van der Waals surface area contributed by atoms with E-state index in [-0.39, 0.29) is 22.4 Å². The van der Waals surface area contributed by atoms with Crippen molar-refractivity contribution < 1.29 is 14.5 Å². The lowest BCUT2D eigenvalue weighted by Crippen LogP contribution is -2.01. The van der Waals surface area contributed by atoms with E-state index in [9.17, 15) is 20.2 Å². The van der Waals surface area contributed by atoms with Gasteiger partial charge in [0, 0.05) is 24.7 Å². The zero-order valence-electron chi connectivity index (χ0n) is 11.5. The molecule has 0 aliphatic heterocycles. The largest absolute Gasteiger partial charge is 0.379 e. The standard InChI is InChI=1S/C13H9N5O5/c19-17(20)9-3-1-8(2-4-9)7-14-10-5-6-11(18(21)22)13-12(10)15-23-16-13/h1-6,14H,7H2. The fraction of sp³-hybridized carbons (Fsp3) is 0.0769. The molecule has 0 bridgehead atoms. The number of nitro groups is 2. The maximum absolute atomic E-state index is 10.9. The third-order valence-corrected chi connectivity index (χ3v) is 3.22. The quantitative estimate of drug-likeness (QED) is 0.560. The normalized spacial score (nSPS) is 10.6. The second-order valence-electron chi connectivity index (χ2n) is 4.63. The number of hydrogen-bond acceptors (Lipinski definition) is 8. The third-order valence-electron chi connectivity index (χ3n) is 3.22. The summed E-state index contributed by atoms with van der Waals surface area (Å²) in [6.07, 6.45) is 0. The maximum Gasteiger partial charge on any atom is 0.300 e. The summed E-state index contributed by atoms with van der Waals surface area (Å²) in [5.74, 6) is 0. The number of aromatic nitrogens is 2. The summed E-state index contributed by atoms with van der Waals surface area (Å²) in [5, 5.41) is 31.8. The van der Waals surface area contributed by atoms with Gasteiger partial charge in [-0.15, -0.1) is 0 Å². The minimum atomic E-state index is -0.563. The molecule has 0 spiro atoms. The van der Waals surface area contributed by atoms with Crippen molar-refractivity contribution >= 4 is 28.1 Å². The summed E-state index contributed by atoms with van der Waals surface area (Å²) in [4.78, 5) is 20.5. The molecule has 0 atom stereocenters. The molecule has 116 valence electrons. The Labute approximate surface area is 128 Å². The summed E-state index contributed by atoms with van der Waals surface area (Å²) in [7, 11) is 0. The van der Waals surface area contributed by atoms with Crippen molar-refractivity contribution in [3.8, 4) is 0 Å². The molecule has 0 saturated carbocycles. The Balaban J connectivity index is 1.82. The van der Waals surface area contributed by atoms with Crippen LogP contribution >= 0.6 is 0 Å². The molecule has 23 heavy (non-hydrogen) atoms. The van der Waals surface area contributed by atoms with Gasteiger partial charge in [-0.05, 0) is 21.9 Å². The SMILES string of the molecule is O=[N+]([O-])c1ccc(CNc2ccc([N+](=O)[O-])c3nonc23)cc1. The average Bonchev–Trinajstić information content (AvgIpc) is 3.02. The van der Waals surface area contributed by atoms with Gasteiger partial charge in [-0.1, -0.05) is 12.1 Å². The van der Waals surface area contributed by atoms with Crippen molar-refractivity contribution in [2.75, 3.05) is 5.32 Å². The van der Waals surface area contributed by atoms with Crippen LogP contribution in [0.1, 0.15) is 5.56 Å². The van der Waals surface area contributed by atoms with Crippen LogP contribution in [0.15, 0.2) is 41.0 Å². The molecule has 0 fully saturated rings. The number of rotatable bonds is 5. The lowest BCUT2D eigenvalue weighted by molar-refractivity contribution is -0.384. The number of nitrogens with one attached hydrogen (secondary N) is 1. The maximum atomic E-state index is 10.9. The second kappa shape index (κ2) is 5.67. The molecule has 1 aromatic heterocycles. The van der Waals surface area contributed by atoms with E-state index in [2.05, 4.69) is 20.3 Å². The van der Waals surface area contributed by atoms with Crippen molar-refractivity contribution in [2.45, 2.75) is 6.54 Å². The predicted molar refractivity (Wildman–Crippen MR) is 78.9 cm³/mol. The molecule has 0 radical (unpaired) electrons. The van der Waals surface area contributed by atoms with E-state index in [4.69, 9.17) is 0 Å². The van der Waals surface area contributed by atoms with Crippen LogP contribution in [-0.2, 0) is 6.54 Å². The number of non-ortho nitro benzene ring substituents is 2. The summed E-state index contributed by atoms with van der Waals surface area (Å²) in [6, 6.07) is 8.87. The fourth-order valence-electron chi connectivity index (χ4n) is 2.08. The number of fused-ring (bicyclic) bond motifs is 1. The highest BCUT2D eigenvalue weighted by Crippen LogP contribution is 2.29. The van der Waals surface area contributed by atoms with Crippen molar-refractivity contribution in [1.82, 2.24) is 10.3 Å². The highest BCUT2D eigenvalue weighted by Gasteiger charge is 2.19. The van der Waals surface area contributed by atoms with Gasteiger partial charge >= 0.3 is 5.69 Å². The summed E-state index contributed by atoms with van der Waals surface area (Å²) in [6.45, 7) is 0.359. The Bertz CT molecular complexity index is 889. The van der Waals surface area contributed by atoms with Crippen LogP contribution in [0.25, 0.3) is 11.0 Å². The first-order chi connectivity index (χ1) is 11.1.